The first-order valence-corrected chi connectivity index (χ1v) is 45.6. The number of carbonyl (C=O) groups is 7. The summed E-state index contributed by atoms with van der Waals surface area (Å²) in [5, 5.41) is 337. The number of ether oxygens (including phenoxy) is 21. The molecule has 0 bridgehead atoms. The molecule has 0 aromatic rings. The van der Waals surface area contributed by atoms with Gasteiger partial charge in [-0.3, -0.25) is 33.6 Å². The Balaban J connectivity index is 1.00. The summed E-state index contributed by atoms with van der Waals surface area (Å²) in [7, 11) is 0. The van der Waals surface area contributed by atoms with Crippen LogP contribution in [-0.2, 0) is 133 Å². The molecule has 0 saturated carbocycles. The summed E-state index contributed by atoms with van der Waals surface area (Å²) in [5.74, 6) is -6.54. The highest BCUT2D eigenvalue weighted by molar-refractivity contribution is 5.75. The Morgan fingerprint density at radius 3 is 0.727 bits per heavy atom. The molecule has 63 heteroatoms. The topological polar surface area (TPSA) is 964 Å². The summed E-state index contributed by atoms with van der Waals surface area (Å²) in [5.41, 5.74) is 0. The fourth-order valence-corrected chi connectivity index (χ4v) is 18.5. The van der Waals surface area contributed by atoms with Crippen molar-refractivity contribution in [3.8, 4) is 0 Å². The molecule has 7 amide bonds. The number of hydrogen-bond donors (Lipinski definition) is 35. The second-order valence-corrected chi connectivity index (χ2v) is 36.0. The minimum Gasteiger partial charge on any atom is -0.394 e. The van der Waals surface area contributed by atoms with Gasteiger partial charge in [0.05, 0.1) is 72.7 Å². The quantitative estimate of drug-likeness (QED) is 0.0273. The Hall–Kier alpha value is -5.67. The highest BCUT2D eigenvalue weighted by Crippen LogP contribution is 2.42. The summed E-state index contributed by atoms with van der Waals surface area (Å²) in [6.45, 7) is -6.30. The molecule has 0 aromatic carbocycles. The van der Waals surface area contributed by atoms with E-state index in [2.05, 4.69) is 37.2 Å². The van der Waals surface area contributed by atoms with Gasteiger partial charge in [0, 0.05) is 48.5 Å². The summed E-state index contributed by atoms with van der Waals surface area (Å²) in [6, 6.07) is -13.2. The number of rotatable bonds is 38. The standard InChI is InChI=1S/C80H133N7O56/c1-19(97)81-37-55(115)62(31(13-93)125-70(37)122)136-75-42(86-24(6)102)56(116)64(32(14-94)131-75)139-78-61(121)67(50(110)36(134-78)18-124-79-68(142-74-41(85-23(5)101)54(114)47(107)29(11-91)129-74)58(118)48(108)35(135-79)17-123-71-38(82-20(2)98)51(111)44(104)26(8-88)126-71)141-80-69(59(119)65(34(16-96)133-80)137-72-39(83-21(3)99)52(112)45(105)27(9-89)127-72)143-76-43(87-25(7)103)57(117)63(33(15-95)132-76)138-77-60(120)66(49(109)30(12-92)130-77)140-73-40(84-22(4)100)53(113)46(106)28(10-90)128-73/h26-80,88-96,104-122H,8-18H2,1-7H3,(H,81,97)(H,82,98)(H,83,99)(H,84,100)(H,85,101)(H,86,102)(H,87,103)/t26-,27-,28-,29-,30-,31-,32-,33-,34-,35-,36-,37-,38-,39-,40-,41-,42-,43+,44-,45-,46-,47-,48-,49+,50-,51-,52-,53-,54-,55-,56-,57-,58+,59+,60-,61+,62-,63-,64-,65-,66+,67+,68+,69+,70-,71-,72+,73+,74+,75+,76+,77+,78+,79+,80-/m1/s1. The molecule has 11 heterocycles. The zero-order valence-electron chi connectivity index (χ0n) is 77.5. The third kappa shape index (κ3) is 26.9. The van der Waals surface area contributed by atoms with Gasteiger partial charge in [-0.05, 0) is 0 Å². The van der Waals surface area contributed by atoms with Crippen LogP contribution >= 0.6 is 0 Å². The lowest BCUT2D eigenvalue weighted by molar-refractivity contribution is -0.406. The molecule has 11 fully saturated rings. The maximum Gasteiger partial charge on any atom is 0.217 e. The van der Waals surface area contributed by atoms with Gasteiger partial charge < -0.3 is 280 Å². The van der Waals surface area contributed by atoms with Gasteiger partial charge in [0.15, 0.2) is 69.2 Å². The van der Waals surface area contributed by atoms with E-state index in [4.69, 9.17) is 99.5 Å². The van der Waals surface area contributed by atoms with Crippen LogP contribution in [0.1, 0.15) is 48.5 Å². The molecule has 11 saturated heterocycles. The number of carbonyl (C=O) groups excluding carboxylic acids is 7. The van der Waals surface area contributed by atoms with Gasteiger partial charge in [0.25, 0.3) is 0 Å². The summed E-state index contributed by atoms with van der Waals surface area (Å²) in [4.78, 5) is 89.9. The smallest absolute Gasteiger partial charge is 0.217 e. The first-order valence-electron chi connectivity index (χ1n) is 45.6. The largest absolute Gasteiger partial charge is 0.394 e. The van der Waals surface area contributed by atoms with Crippen molar-refractivity contribution in [1.82, 2.24) is 37.2 Å². The Bertz CT molecular complexity index is 4050. The SMILES string of the molecule is CC(=O)N[C@@H]1[C@H](O[C@@H]2[C@@H](O[C@@H]3[C@H](O)[C@H](O[C@H]4[C@H](O)[C@@H](NC(C)=O)[C@H](O[C@H]5[C@H](O)[C@@H](NC(C)=O)[C@H](O)O[C@@H]5CO)O[C@@H]4CO)O[C@H](CO[C@H]4O[C@H](CO[C@@H]5O[C@H](CO)[C@@H](O)[C@H](O)[C@H]5NC(C)=O)[C@@H](O)[C@H](O)[C@@H]4O[C@@H]4O[C@H](CO)[C@@H](O)[C@H](O)[C@H]4NC(C)=O)[C@H]3O)O[C@H](CO)[C@@H](O[C@@H]3O[C@H](CO)[C@@H](O)[C@H](O)[C@H]3NC(C)=O)[C@@H]2O)O[C@H](CO)[C@@H](O[C@@H]2O[C@H](CO)[C@H](O)[C@H](O[C@@H]3O[C@H](CO)[C@@H](O)[C@H](O)[C@H]3NC(C)=O)[C@H]2O)[C@@H]1O. The van der Waals surface area contributed by atoms with Crippen LogP contribution in [0.15, 0.2) is 0 Å². The third-order valence-corrected chi connectivity index (χ3v) is 25.8. The molecule has 0 unspecified atom stereocenters. The summed E-state index contributed by atoms with van der Waals surface area (Å²) < 4.78 is 128. The van der Waals surface area contributed by atoms with Crippen molar-refractivity contribution in [3.05, 3.63) is 0 Å². The summed E-state index contributed by atoms with van der Waals surface area (Å²) >= 11 is 0. The zero-order valence-corrected chi connectivity index (χ0v) is 77.5. The summed E-state index contributed by atoms with van der Waals surface area (Å²) in [6.07, 6.45) is -105. The molecule has 63 nitrogen and oxygen atoms in total. The van der Waals surface area contributed by atoms with Crippen LogP contribution in [0, 0.1) is 0 Å². The van der Waals surface area contributed by atoms with E-state index >= 15 is 0 Å². The molecule has 0 aromatic heterocycles. The minimum atomic E-state index is -2.78. The first kappa shape index (κ1) is 118. The van der Waals surface area contributed by atoms with E-state index in [9.17, 15) is 177 Å². The van der Waals surface area contributed by atoms with Gasteiger partial charge in [-0.2, -0.15) is 0 Å². The van der Waals surface area contributed by atoms with Crippen molar-refractivity contribution in [2.24, 2.45) is 0 Å². The molecule has 55 atom stereocenters. The maximum atomic E-state index is 13.6. The van der Waals surface area contributed by atoms with E-state index in [1.165, 1.54) is 0 Å². The van der Waals surface area contributed by atoms with E-state index in [0.717, 1.165) is 48.5 Å². The van der Waals surface area contributed by atoms with Gasteiger partial charge in [0.2, 0.25) is 41.4 Å². The Morgan fingerprint density at radius 1 is 0.182 bits per heavy atom. The van der Waals surface area contributed by atoms with Crippen molar-refractivity contribution >= 4 is 41.4 Å². The second kappa shape index (κ2) is 51.9. The predicted octanol–water partition coefficient (Wildman–Crippen LogP) is -24.0. The van der Waals surface area contributed by atoms with Crippen LogP contribution in [0.3, 0.4) is 0 Å². The van der Waals surface area contributed by atoms with Crippen LogP contribution in [0.5, 0.6) is 0 Å². The Morgan fingerprint density at radius 2 is 0.385 bits per heavy atom. The number of aliphatic hydroxyl groups excluding tert-OH is 28. The molecular formula is C80H133N7O56. The van der Waals surface area contributed by atoms with Crippen molar-refractivity contribution in [2.75, 3.05) is 72.7 Å². The number of aliphatic hydroxyl groups is 28. The van der Waals surface area contributed by atoms with Gasteiger partial charge >= 0.3 is 0 Å². The molecule has 824 valence electrons. The molecular weight excluding hydrogens is 1950 g/mol. The van der Waals surface area contributed by atoms with Gasteiger partial charge in [0.1, 0.15) is 268 Å². The normalized spacial score (nSPS) is 47.3. The molecule has 143 heavy (non-hydrogen) atoms. The number of hydrogen-bond acceptors (Lipinski definition) is 56. The lowest BCUT2D eigenvalue weighted by atomic mass is 9.93. The Labute approximate surface area is 810 Å². The van der Waals surface area contributed by atoms with Crippen molar-refractivity contribution in [1.29, 1.82) is 0 Å². The van der Waals surface area contributed by atoms with E-state index in [0.29, 0.717) is 0 Å². The van der Waals surface area contributed by atoms with E-state index in [1.54, 1.807) is 0 Å². The predicted molar refractivity (Wildman–Crippen MR) is 444 cm³/mol. The van der Waals surface area contributed by atoms with E-state index in [-0.39, 0.29) is 0 Å². The lowest BCUT2D eigenvalue weighted by Gasteiger charge is -2.52. The van der Waals surface area contributed by atoms with Gasteiger partial charge in [-0.1, -0.05) is 0 Å². The number of nitrogens with one attached hydrogen (secondary N) is 7. The molecule has 35 N–H and O–H groups in total. The average Bonchev–Trinajstić information content (AvgIpc) is 0.737. The van der Waals surface area contributed by atoms with Gasteiger partial charge in [-0.25, -0.2) is 0 Å². The molecule has 0 spiro atoms. The first-order chi connectivity index (χ1) is 67.6. The zero-order chi connectivity index (χ0) is 105. The average molecular weight is 2090 g/mol. The molecule has 0 radical (unpaired) electrons. The highest BCUT2D eigenvalue weighted by Gasteiger charge is 2.63. The van der Waals surface area contributed by atoms with E-state index in [1.807, 2.05) is 0 Å². The maximum absolute atomic E-state index is 13.6. The number of amides is 7. The van der Waals surface area contributed by atoms with Crippen LogP contribution < -0.4 is 37.2 Å². The van der Waals surface area contributed by atoms with Crippen LogP contribution in [0.2, 0.25) is 0 Å². The molecule has 11 aliphatic heterocycles. The molecule has 11 rings (SSSR count). The molecule has 11 aliphatic rings. The fraction of sp³-hybridized carbons (Fsp3) is 0.912. The highest BCUT2D eigenvalue weighted by atomic mass is 16.8. The third-order valence-electron chi connectivity index (χ3n) is 25.8. The fourth-order valence-electron chi connectivity index (χ4n) is 18.5. The minimum absolute atomic E-state index is 0.836. The van der Waals surface area contributed by atoms with Crippen molar-refractivity contribution in [3.63, 3.8) is 0 Å². The monoisotopic (exact) mass is 2090 g/mol. The lowest BCUT2D eigenvalue weighted by Crippen LogP contribution is -2.71. The van der Waals surface area contributed by atoms with Crippen molar-refractivity contribution in [2.45, 2.75) is 386 Å². The van der Waals surface area contributed by atoms with Crippen molar-refractivity contribution < 1.29 is 276 Å². The van der Waals surface area contributed by atoms with Crippen LogP contribution in [-0.4, -0.2) is 594 Å². The van der Waals surface area contributed by atoms with Crippen LogP contribution in [0.25, 0.3) is 0 Å². The second-order valence-electron chi connectivity index (χ2n) is 36.0. The van der Waals surface area contributed by atoms with E-state index < -0.39 is 451 Å². The molecule has 0 aliphatic carbocycles. The van der Waals surface area contributed by atoms with Gasteiger partial charge in [-0.15, -0.1) is 0 Å². The van der Waals surface area contributed by atoms with Crippen LogP contribution in [0.4, 0.5) is 0 Å². The Kier molecular flexibility index (Phi) is 42.7.